The van der Waals surface area contributed by atoms with Gasteiger partial charge in [0.2, 0.25) is 0 Å². The van der Waals surface area contributed by atoms with Gasteiger partial charge in [0.1, 0.15) is 5.15 Å². The predicted molar refractivity (Wildman–Crippen MR) is 73.0 cm³/mol. The van der Waals surface area contributed by atoms with Gasteiger partial charge < -0.3 is 4.90 Å². The molecule has 0 radical (unpaired) electrons. The number of halogens is 2. The minimum Gasteiger partial charge on any atom is -0.347 e. The first-order valence-corrected chi connectivity index (χ1v) is 6.75. The highest BCUT2D eigenvalue weighted by Crippen LogP contribution is 2.30. The van der Waals surface area contributed by atoms with Gasteiger partial charge >= 0.3 is 0 Å². The maximum absolute atomic E-state index is 5.97. The van der Waals surface area contributed by atoms with Gasteiger partial charge in [0.15, 0.2) is 5.13 Å². The van der Waals surface area contributed by atoms with E-state index >= 15 is 0 Å². The molecule has 0 saturated heterocycles. The lowest BCUT2D eigenvalue weighted by Gasteiger charge is -2.15. The van der Waals surface area contributed by atoms with Crippen molar-refractivity contribution in [3.05, 3.63) is 40.1 Å². The van der Waals surface area contributed by atoms with E-state index in [0.717, 1.165) is 16.6 Å². The number of anilines is 1. The van der Waals surface area contributed by atoms with Crippen LogP contribution in [0.25, 0.3) is 0 Å². The Labute approximate surface area is 114 Å². The zero-order chi connectivity index (χ0) is 12.3. The average molecular weight is 288 g/mol. The molecule has 0 bridgehead atoms. The summed E-state index contributed by atoms with van der Waals surface area (Å²) in [6, 6.07) is 3.96. The van der Waals surface area contributed by atoms with Gasteiger partial charge in [0, 0.05) is 26.0 Å². The van der Waals surface area contributed by atoms with Crippen molar-refractivity contribution in [1.82, 2.24) is 9.97 Å². The van der Waals surface area contributed by atoms with Crippen molar-refractivity contribution in [2.24, 2.45) is 0 Å². The van der Waals surface area contributed by atoms with Gasteiger partial charge in [-0.2, -0.15) is 0 Å². The van der Waals surface area contributed by atoms with E-state index in [0.29, 0.717) is 11.0 Å². The van der Waals surface area contributed by atoms with Crippen LogP contribution in [0.2, 0.25) is 5.15 Å². The van der Waals surface area contributed by atoms with Crippen molar-refractivity contribution < 1.29 is 0 Å². The molecule has 2 heterocycles. The van der Waals surface area contributed by atoms with Crippen molar-refractivity contribution in [2.75, 3.05) is 11.9 Å². The molecule has 3 nitrogen and oxygen atoms in total. The van der Waals surface area contributed by atoms with Crippen LogP contribution in [0.15, 0.2) is 24.5 Å². The van der Waals surface area contributed by atoms with Crippen LogP contribution in [-0.2, 0) is 12.4 Å². The molecule has 0 saturated carbocycles. The van der Waals surface area contributed by atoms with Crippen molar-refractivity contribution in [3.8, 4) is 0 Å². The maximum atomic E-state index is 5.97. The van der Waals surface area contributed by atoms with Gasteiger partial charge in [-0.3, -0.25) is 4.98 Å². The highest BCUT2D eigenvalue weighted by atomic mass is 35.5. The largest absolute Gasteiger partial charge is 0.347 e. The molecule has 0 fully saturated rings. The fourth-order valence-corrected chi connectivity index (χ4v) is 2.83. The number of pyridine rings is 1. The summed E-state index contributed by atoms with van der Waals surface area (Å²) in [5.41, 5.74) is 1.18. The van der Waals surface area contributed by atoms with Crippen LogP contribution in [0.4, 0.5) is 5.13 Å². The highest BCUT2D eigenvalue weighted by molar-refractivity contribution is 7.16. The molecule has 90 valence electrons. The van der Waals surface area contributed by atoms with E-state index in [-0.39, 0.29) is 0 Å². The summed E-state index contributed by atoms with van der Waals surface area (Å²) in [5.74, 6) is 0.402. The van der Waals surface area contributed by atoms with E-state index in [1.807, 2.05) is 24.1 Å². The second kappa shape index (κ2) is 5.67. The molecular weight excluding hydrogens is 277 g/mol. The Morgan fingerprint density at radius 3 is 2.65 bits per heavy atom. The average Bonchev–Trinajstić information content (AvgIpc) is 2.72. The Balaban J connectivity index is 2.12. The molecular formula is C11H11Cl2N3S. The van der Waals surface area contributed by atoms with E-state index < -0.39 is 0 Å². The van der Waals surface area contributed by atoms with Crippen LogP contribution in [0.1, 0.15) is 10.4 Å². The number of alkyl halides is 1. The molecule has 2 rings (SSSR count). The van der Waals surface area contributed by atoms with E-state index in [1.54, 1.807) is 12.4 Å². The minimum absolute atomic E-state index is 0.402. The second-order valence-corrected chi connectivity index (χ2v) is 5.24. The fraction of sp³-hybridized carbons (Fsp3) is 0.273. The first kappa shape index (κ1) is 12.6. The van der Waals surface area contributed by atoms with Crippen molar-refractivity contribution in [1.29, 1.82) is 0 Å². The van der Waals surface area contributed by atoms with Gasteiger partial charge in [-0.05, 0) is 17.7 Å². The van der Waals surface area contributed by atoms with E-state index in [4.69, 9.17) is 23.2 Å². The molecule has 0 spiro atoms. The zero-order valence-electron chi connectivity index (χ0n) is 9.23. The number of aromatic nitrogens is 2. The molecule has 0 aliphatic carbocycles. The van der Waals surface area contributed by atoms with Crippen molar-refractivity contribution in [3.63, 3.8) is 0 Å². The number of thiazole rings is 1. The Hall–Kier alpha value is -0.840. The molecule has 0 aliphatic rings. The molecule has 0 aliphatic heterocycles. The summed E-state index contributed by atoms with van der Waals surface area (Å²) in [7, 11) is 1.98. The van der Waals surface area contributed by atoms with Crippen LogP contribution in [0.5, 0.6) is 0 Å². The minimum atomic E-state index is 0.402. The smallest absolute Gasteiger partial charge is 0.187 e. The highest BCUT2D eigenvalue weighted by Gasteiger charge is 2.11. The van der Waals surface area contributed by atoms with Crippen LogP contribution >= 0.6 is 34.5 Å². The molecule has 0 amide bonds. The van der Waals surface area contributed by atoms with E-state index in [2.05, 4.69) is 9.97 Å². The molecule has 17 heavy (non-hydrogen) atoms. The zero-order valence-corrected chi connectivity index (χ0v) is 11.6. The number of hydrogen-bond acceptors (Lipinski definition) is 4. The molecule has 0 unspecified atom stereocenters. The molecule has 0 aromatic carbocycles. The van der Waals surface area contributed by atoms with Gasteiger partial charge in [0.25, 0.3) is 0 Å². The summed E-state index contributed by atoms with van der Waals surface area (Å²) < 4.78 is 0. The van der Waals surface area contributed by atoms with E-state index in [9.17, 15) is 0 Å². The maximum Gasteiger partial charge on any atom is 0.187 e. The number of nitrogens with zero attached hydrogens (tertiary/aromatic N) is 3. The summed E-state index contributed by atoms with van der Waals surface area (Å²) >= 11 is 13.3. The van der Waals surface area contributed by atoms with Crippen molar-refractivity contribution >= 4 is 39.7 Å². The molecule has 2 aromatic rings. The Morgan fingerprint density at radius 1 is 1.35 bits per heavy atom. The first-order valence-electron chi connectivity index (χ1n) is 5.02. The first-order chi connectivity index (χ1) is 8.20. The van der Waals surface area contributed by atoms with Crippen LogP contribution in [-0.4, -0.2) is 17.0 Å². The Morgan fingerprint density at radius 2 is 2.06 bits per heavy atom. The molecule has 2 aromatic heterocycles. The standard InChI is InChI=1S/C11H11Cl2N3S/c1-16(7-8-2-4-14-5-3-8)11-15-10(13)9(6-12)17-11/h2-5H,6-7H2,1H3. The molecule has 0 atom stereocenters. The molecule has 0 N–H and O–H groups in total. The van der Waals surface area contributed by atoms with Gasteiger partial charge in [-0.15, -0.1) is 11.6 Å². The van der Waals surface area contributed by atoms with Crippen LogP contribution in [0.3, 0.4) is 0 Å². The lowest BCUT2D eigenvalue weighted by Crippen LogP contribution is -2.15. The number of hydrogen-bond donors (Lipinski definition) is 0. The van der Waals surface area contributed by atoms with Crippen LogP contribution < -0.4 is 4.90 Å². The van der Waals surface area contributed by atoms with Crippen LogP contribution in [0, 0.1) is 0 Å². The third-order valence-corrected chi connectivity index (χ3v) is 4.28. The lowest BCUT2D eigenvalue weighted by molar-refractivity contribution is 0.911. The summed E-state index contributed by atoms with van der Waals surface area (Å²) in [6.45, 7) is 0.772. The second-order valence-electron chi connectivity index (χ2n) is 3.56. The third-order valence-electron chi connectivity index (χ3n) is 2.26. The summed E-state index contributed by atoms with van der Waals surface area (Å²) in [5, 5.41) is 1.38. The lowest BCUT2D eigenvalue weighted by atomic mass is 10.2. The summed E-state index contributed by atoms with van der Waals surface area (Å²) in [6.07, 6.45) is 3.56. The third kappa shape index (κ3) is 3.09. The predicted octanol–water partition coefficient (Wildman–Crippen LogP) is 3.57. The monoisotopic (exact) mass is 287 g/mol. The Kier molecular flexibility index (Phi) is 4.20. The SMILES string of the molecule is CN(Cc1ccncc1)c1nc(Cl)c(CCl)s1. The van der Waals surface area contributed by atoms with Gasteiger partial charge in [-0.1, -0.05) is 22.9 Å². The number of rotatable bonds is 4. The van der Waals surface area contributed by atoms with E-state index in [1.165, 1.54) is 16.9 Å². The quantitative estimate of drug-likeness (QED) is 0.805. The molecule has 6 heteroatoms. The van der Waals surface area contributed by atoms with Gasteiger partial charge in [-0.25, -0.2) is 4.98 Å². The Bertz CT molecular complexity index is 487. The fourth-order valence-electron chi connectivity index (χ4n) is 1.40. The van der Waals surface area contributed by atoms with Gasteiger partial charge in [0.05, 0.1) is 10.8 Å². The normalized spacial score (nSPS) is 10.5. The van der Waals surface area contributed by atoms with Crippen molar-refractivity contribution in [2.45, 2.75) is 12.4 Å². The summed E-state index contributed by atoms with van der Waals surface area (Å²) in [4.78, 5) is 11.2. The topological polar surface area (TPSA) is 29.0 Å².